The lowest BCUT2D eigenvalue weighted by Gasteiger charge is -2.12. The molecule has 0 amide bonds. The number of aliphatic hydroxyl groups excluding tert-OH is 1. The molecule has 0 saturated carbocycles. The lowest BCUT2D eigenvalue weighted by Crippen LogP contribution is -2.14. The van der Waals surface area contributed by atoms with E-state index in [1.54, 1.807) is 6.92 Å². The molecule has 2 heteroatoms. The molecule has 12 heavy (non-hydrogen) atoms. The fourth-order valence-electron chi connectivity index (χ4n) is 1.19. The monoisotopic (exact) mass is 165 g/mol. The molecule has 66 valence electrons. The number of para-hydroxylation sites is 1. The minimum absolute atomic E-state index is 0.488. The number of aliphatic hydroxyl groups is 1. The van der Waals surface area contributed by atoms with Crippen LogP contribution in [-0.4, -0.2) is 11.3 Å². The van der Waals surface area contributed by atoms with Crippen LogP contribution >= 0.6 is 0 Å². The summed E-state index contributed by atoms with van der Waals surface area (Å²) in [7, 11) is 0. The van der Waals surface area contributed by atoms with Gasteiger partial charge in [-0.15, -0.1) is 0 Å². The second-order valence-electron chi connectivity index (χ2n) is 2.83. The molecular formula is C10H15NO. The van der Waals surface area contributed by atoms with Gasteiger partial charge in [-0.3, -0.25) is 0 Å². The van der Waals surface area contributed by atoms with Crippen LogP contribution in [0.3, 0.4) is 0 Å². The third-order valence-electron chi connectivity index (χ3n) is 1.76. The van der Waals surface area contributed by atoms with E-state index in [2.05, 4.69) is 18.3 Å². The number of hydrogen-bond acceptors (Lipinski definition) is 2. The molecule has 1 unspecified atom stereocenters. The zero-order valence-corrected chi connectivity index (χ0v) is 7.54. The Morgan fingerprint density at radius 3 is 2.67 bits per heavy atom. The number of aryl methyl sites for hydroxylation is 1. The highest BCUT2D eigenvalue weighted by atomic mass is 16.3. The molecule has 0 saturated heterocycles. The van der Waals surface area contributed by atoms with E-state index in [0.29, 0.717) is 0 Å². The van der Waals surface area contributed by atoms with Gasteiger partial charge in [0, 0.05) is 5.69 Å². The molecule has 0 aliphatic rings. The average molecular weight is 165 g/mol. The number of anilines is 1. The van der Waals surface area contributed by atoms with Crippen molar-refractivity contribution >= 4 is 5.69 Å². The maximum Gasteiger partial charge on any atom is 0.121 e. The number of hydrogen-bond donors (Lipinski definition) is 2. The summed E-state index contributed by atoms with van der Waals surface area (Å²) in [6.07, 6.45) is 0.494. The van der Waals surface area contributed by atoms with Gasteiger partial charge in [-0.25, -0.2) is 0 Å². The van der Waals surface area contributed by atoms with Crippen LogP contribution in [-0.2, 0) is 6.42 Å². The van der Waals surface area contributed by atoms with E-state index in [9.17, 15) is 0 Å². The molecule has 1 aromatic rings. The van der Waals surface area contributed by atoms with Gasteiger partial charge in [-0.1, -0.05) is 25.1 Å². The van der Waals surface area contributed by atoms with Gasteiger partial charge in [-0.2, -0.15) is 0 Å². The average Bonchev–Trinajstić information content (AvgIpc) is 2.04. The minimum atomic E-state index is -0.488. The van der Waals surface area contributed by atoms with E-state index in [4.69, 9.17) is 5.11 Å². The Labute approximate surface area is 73.2 Å². The lowest BCUT2D eigenvalue weighted by atomic mass is 10.1. The van der Waals surface area contributed by atoms with Crippen molar-refractivity contribution < 1.29 is 5.11 Å². The molecule has 0 radical (unpaired) electrons. The molecule has 0 bridgehead atoms. The third kappa shape index (κ3) is 2.24. The van der Waals surface area contributed by atoms with Crippen LogP contribution in [0.1, 0.15) is 19.4 Å². The highest BCUT2D eigenvalue weighted by Crippen LogP contribution is 2.15. The summed E-state index contributed by atoms with van der Waals surface area (Å²) < 4.78 is 0. The predicted molar refractivity (Wildman–Crippen MR) is 51.1 cm³/mol. The van der Waals surface area contributed by atoms with Crippen molar-refractivity contribution in [2.75, 3.05) is 5.32 Å². The summed E-state index contributed by atoms with van der Waals surface area (Å²) in [6.45, 7) is 3.81. The standard InChI is InChI=1S/C10H15NO/c1-3-9-6-4-5-7-10(9)11-8(2)12/h4-8,11-12H,3H2,1-2H3. The topological polar surface area (TPSA) is 32.3 Å². The molecule has 2 nitrogen and oxygen atoms in total. The normalized spacial score (nSPS) is 12.6. The fourth-order valence-corrected chi connectivity index (χ4v) is 1.19. The molecule has 0 fully saturated rings. The zero-order chi connectivity index (χ0) is 8.97. The van der Waals surface area contributed by atoms with Crippen LogP contribution in [0.2, 0.25) is 0 Å². The van der Waals surface area contributed by atoms with Crippen LogP contribution in [0.5, 0.6) is 0 Å². The molecule has 0 aromatic heterocycles. The van der Waals surface area contributed by atoms with Gasteiger partial charge in [0.25, 0.3) is 0 Å². The zero-order valence-electron chi connectivity index (χ0n) is 7.54. The summed E-state index contributed by atoms with van der Waals surface area (Å²) in [4.78, 5) is 0. The highest BCUT2D eigenvalue weighted by Gasteiger charge is 2.00. The highest BCUT2D eigenvalue weighted by molar-refractivity contribution is 5.51. The third-order valence-corrected chi connectivity index (χ3v) is 1.76. The van der Waals surface area contributed by atoms with Crippen LogP contribution in [0.4, 0.5) is 5.69 Å². The van der Waals surface area contributed by atoms with E-state index < -0.39 is 6.23 Å². The van der Waals surface area contributed by atoms with E-state index in [-0.39, 0.29) is 0 Å². The molecule has 1 aromatic carbocycles. The SMILES string of the molecule is CCc1ccccc1NC(C)O. The largest absolute Gasteiger partial charge is 0.374 e. The van der Waals surface area contributed by atoms with Crippen LogP contribution < -0.4 is 5.32 Å². The first-order valence-corrected chi connectivity index (χ1v) is 4.26. The molecule has 0 spiro atoms. The minimum Gasteiger partial charge on any atom is -0.374 e. The van der Waals surface area contributed by atoms with Gasteiger partial charge in [0.15, 0.2) is 0 Å². The van der Waals surface area contributed by atoms with Gasteiger partial charge in [-0.05, 0) is 25.0 Å². The first-order chi connectivity index (χ1) is 5.74. The summed E-state index contributed by atoms with van der Waals surface area (Å²) in [5.41, 5.74) is 2.26. The van der Waals surface area contributed by atoms with Crippen molar-refractivity contribution in [2.24, 2.45) is 0 Å². The second-order valence-corrected chi connectivity index (χ2v) is 2.83. The molecule has 1 rings (SSSR count). The summed E-state index contributed by atoms with van der Waals surface area (Å²) in [5.74, 6) is 0. The van der Waals surface area contributed by atoms with Gasteiger partial charge in [0.1, 0.15) is 6.23 Å². The smallest absolute Gasteiger partial charge is 0.121 e. The van der Waals surface area contributed by atoms with Crippen molar-refractivity contribution in [2.45, 2.75) is 26.5 Å². The van der Waals surface area contributed by atoms with Crippen molar-refractivity contribution in [1.82, 2.24) is 0 Å². The van der Waals surface area contributed by atoms with Crippen LogP contribution in [0.15, 0.2) is 24.3 Å². The Morgan fingerprint density at radius 2 is 2.08 bits per heavy atom. The van der Waals surface area contributed by atoms with E-state index in [1.165, 1.54) is 5.56 Å². The van der Waals surface area contributed by atoms with Gasteiger partial charge >= 0.3 is 0 Å². The maximum atomic E-state index is 9.11. The molecule has 0 aliphatic carbocycles. The summed E-state index contributed by atoms with van der Waals surface area (Å²) >= 11 is 0. The summed E-state index contributed by atoms with van der Waals surface area (Å²) in [6, 6.07) is 8.01. The van der Waals surface area contributed by atoms with Crippen LogP contribution in [0.25, 0.3) is 0 Å². The molecule has 1 atom stereocenters. The lowest BCUT2D eigenvalue weighted by molar-refractivity contribution is 0.224. The van der Waals surface area contributed by atoms with Crippen molar-refractivity contribution in [3.8, 4) is 0 Å². The second kappa shape index (κ2) is 4.12. The first-order valence-electron chi connectivity index (χ1n) is 4.26. The Kier molecular flexibility index (Phi) is 3.11. The molecular weight excluding hydrogens is 150 g/mol. The molecule has 2 N–H and O–H groups in total. The van der Waals surface area contributed by atoms with Crippen molar-refractivity contribution in [3.63, 3.8) is 0 Å². The van der Waals surface area contributed by atoms with Crippen molar-refractivity contribution in [1.29, 1.82) is 0 Å². The Bertz CT molecular complexity index is 245. The summed E-state index contributed by atoms with van der Waals surface area (Å²) in [5, 5.41) is 12.1. The van der Waals surface area contributed by atoms with Crippen LogP contribution in [0, 0.1) is 0 Å². The fraction of sp³-hybridized carbons (Fsp3) is 0.400. The Morgan fingerprint density at radius 1 is 1.42 bits per heavy atom. The van der Waals surface area contributed by atoms with E-state index in [1.807, 2.05) is 18.2 Å². The number of benzene rings is 1. The Hall–Kier alpha value is -1.02. The number of rotatable bonds is 3. The van der Waals surface area contributed by atoms with Crippen molar-refractivity contribution in [3.05, 3.63) is 29.8 Å². The van der Waals surface area contributed by atoms with E-state index >= 15 is 0 Å². The van der Waals surface area contributed by atoms with E-state index in [0.717, 1.165) is 12.1 Å². The van der Waals surface area contributed by atoms with Gasteiger partial charge in [0.05, 0.1) is 0 Å². The predicted octanol–water partition coefficient (Wildman–Crippen LogP) is 2.00. The maximum absolute atomic E-state index is 9.11. The number of nitrogens with one attached hydrogen (secondary N) is 1. The quantitative estimate of drug-likeness (QED) is 0.671. The molecule has 0 heterocycles. The van der Waals surface area contributed by atoms with Gasteiger partial charge in [0.2, 0.25) is 0 Å². The first kappa shape index (κ1) is 9.07. The van der Waals surface area contributed by atoms with Gasteiger partial charge < -0.3 is 10.4 Å². The molecule has 0 aliphatic heterocycles. The Balaban J connectivity index is 2.82.